The van der Waals surface area contributed by atoms with E-state index in [1.165, 1.54) is 0 Å². The molecular formula is C12H13BrN2O3. The summed E-state index contributed by atoms with van der Waals surface area (Å²) < 4.78 is 0.555. The fourth-order valence-electron chi connectivity index (χ4n) is 1.87. The molecule has 1 aromatic rings. The smallest absolute Gasteiger partial charge is 0.326 e. The van der Waals surface area contributed by atoms with Crippen LogP contribution in [0.1, 0.15) is 23.2 Å². The summed E-state index contributed by atoms with van der Waals surface area (Å²) in [5.74, 6) is -1.37. The molecule has 1 unspecified atom stereocenters. The zero-order valence-electron chi connectivity index (χ0n) is 9.52. The van der Waals surface area contributed by atoms with E-state index in [-0.39, 0.29) is 11.5 Å². The zero-order valence-corrected chi connectivity index (χ0v) is 11.1. The molecule has 0 bridgehead atoms. The maximum atomic E-state index is 11.4. The summed E-state index contributed by atoms with van der Waals surface area (Å²) in [5, 5.41) is 12.1. The van der Waals surface area contributed by atoms with Crippen molar-refractivity contribution >= 4 is 33.5 Å². The lowest BCUT2D eigenvalue weighted by Crippen LogP contribution is -2.32. The van der Waals surface area contributed by atoms with Gasteiger partial charge in [-0.05, 0) is 46.8 Å². The summed E-state index contributed by atoms with van der Waals surface area (Å²) in [5.41, 5.74) is 6.04. The molecule has 1 saturated carbocycles. The van der Waals surface area contributed by atoms with E-state index in [1.54, 1.807) is 18.2 Å². The van der Waals surface area contributed by atoms with E-state index >= 15 is 0 Å². The fraction of sp³-hybridized carbons (Fsp3) is 0.333. The molecule has 1 fully saturated rings. The van der Waals surface area contributed by atoms with Crippen LogP contribution < -0.4 is 11.1 Å². The van der Waals surface area contributed by atoms with Crippen LogP contribution in [-0.4, -0.2) is 23.0 Å². The number of primary amides is 1. The summed E-state index contributed by atoms with van der Waals surface area (Å²) in [6.07, 6.45) is 1.79. The Kier molecular flexibility index (Phi) is 3.56. The summed E-state index contributed by atoms with van der Waals surface area (Å²) >= 11 is 3.24. The molecule has 1 amide bonds. The van der Waals surface area contributed by atoms with Crippen LogP contribution in [0.25, 0.3) is 0 Å². The molecule has 18 heavy (non-hydrogen) atoms. The molecule has 96 valence electrons. The van der Waals surface area contributed by atoms with Crippen molar-refractivity contribution in [3.63, 3.8) is 0 Å². The molecular weight excluding hydrogens is 300 g/mol. The molecule has 4 N–H and O–H groups in total. The number of aliphatic carboxylic acids is 1. The minimum Gasteiger partial charge on any atom is -0.480 e. The average Bonchev–Trinajstić information content (AvgIpc) is 3.08. The largest absolute Gasteiger partial charge is 0.480 e. The Bertz CT molecular complexity index is 500. The van der Waals surface area contributed by atoms with Gasteiger partial charge in [0.2, 0.25) is 0 Å². The third kappa shape index (κ3) is 2.64. The van der Waals surface area contributed by atoms with Crippen molar-refractivity contribution in [3.8, 4) is 0 Å². The highest BCUT2D eigenvalue weighted by molar-refractivity contribution is 9.10. The van der Waals surface area contributed by atoms with Gasteiger partial charge < -0.3 is 16.2 Å². The second kappa shape index (κ2) is 4.97. The summed E-state index contributed by atoms with van der Waals surface area (Å²) in [4.78, 5) is 22.5. The van der Waals surface area contributed by atoms with E-state index in [9.17, 15) is 9.59 Å². The zero-order chi connectivity index (χ0) is 13.3. The van der Waals surface area contributed by atoms with Crippen LogP contribution in [-0.2, 0) is 4.79 Å². The highest BCUT2D eigenvalue weighted by Gasteiger charge is 2.36. The molecule has 0 heterocycles. The molecule has 1 aliphatic carbocycles. The van der Waals surface area contributed by atoms with Gasteiger partial charge >= 0.3 is 5.97 Å². The van der Waals surface area contributed by atoms with Crippen LogP contribution in [0.3, 0.4) is 0 Å². The van der Waals surface area contributed by atoms with Gasteiger partial charge in [0.05, 0.1) is 5.56 Å². The highest BCUT2D eigenvalue weighted by atomic mass is 79.9. The van der Waals surface area contributed by atoms with Gasteiger partial charge in [-0.2, -0.15) is 0 Å². The van der Waals surface area contributed by atoms with Crippen molar-refractivity contribution in [3.05, 3.63) is 28.2 Å². The minimum atomic E-state index is -0.909. The molecule has 0 spiro atoms. The standard InChI is InChI=1S/C12H13BrN2O3/c13-7-2-1-3-8(9(7)11(14)16)15-10(12(17)18)6-4-5-6/h1-3,6,10,15H,4-5H2,(H2,14,16)(H,17,18). The molecule has 0 aromatic heterocycles. The maximum Gasteiger partial charge on any atom is 0.326 e. The number of nitrogens with two attached hydrogens (primary N) is 1. The van der Waals surface area contributed by atoms with E-state index < -0.39 is 17.9 Å². The van der Waals surface area contributed by atoms with Gasteiger partial charge in [-0.15, -0.1) is 0 Å². The van der Waals surface area contributed by atoms with Crippen LogP contribution >= 0.6 is 15.9 Å². The lowest BCUT2D eigenvalue weighted by atomic mass is 10.1. The van der Waals surface area contributed by atoms with E-state index in [2.05, 4.69) is 21.2 Å². The predicted octanol–water partition coefficient (Wildman–Crippen LogP) is 1.82. The second-order valence-electron chi connectivity index (χ2n) is 4.32. The first-order valence-corrected chi connectivity index (χ1v) is 6.37. The van der Waals surface area contributed by atoms with Crippen LogP contribution in [0.4, 0.5) is 5.69 Å². The number of carbonyl (C=O) groups excluding carboxylic acids is 1. The number of carbonyl (C=O) groups is 2. The molecule has 2 rings (SSSR count). The lowest BCUT2D eigenvalue weighted by Gasteiger charge is -2.17. The van der Waals surface area contributed by atoms with Crippen LogP contribution in [0.15, 0.2) is 22.7 Å². The molecule has 1 atom stereocenters. The Morgan fingerprint density at radius 1 is 1.44 bits per heavy atom. The third-order valence-corrected chi connectivity index (χ3v) is 3.59. The molecule has 5 nitrogen and oxygen atoms in total. The molecule has 0 radical (unpaired) electrons. The van der Waals surface area contributed by atoms with Crippen molar-refractivity contribution in [2.45, 2.75) is 18.9 Å². The van der Waals surface area contributed by atoms with Gasteiger partial charge in [-0.1, -0.05) is 6.07 Å². The Labute approximate surface area is 112 Å². The molecule has 1 aromatic carbocycles. The van der Waals surface area contributed by atoms with Crippen LogP contribution in [0.5, 0.6) is 0 Å². The number of carboxylic acid groups (broad SMARTS) is 1. The monoisotopic (exact) mass is 312 g/mol. The quantitative estimate of drug-likeness (QED) is 0.773. The number of benzene rings is 1. The SMILES string of the molecule is NC(=O)c1c(Br)cccc1NC(C(=O)O)C1CC1. The van der Waals surface area contributed by atoms with Gasteiger partial charge in [-0.3, -0.25) is 4.79 Å². The Morgan fingerprint density at radius 3 is 2.61 bits per heavy atom. The van der Waals surface area contributed by atoms with Crippen molar-refractivity contribution in [2.75, 3.05) is 5.32 Å². The van der Waals surface area contributed by atoms with Crippen LogP contribution in [0.2, 0.25) is 0 Å². The summed E-state index contributed by atoms with van der Waals surface area (Å²) in [6, 6.07) is 4.41. The first-order chi connectivity index (χ1) is 8.50. The van der Waals surface area contributed by atoms with Gasteiger partial charge in [0.1, 0.15) is 6.04 Å². The number of carboxylic acids is 1. The highest BCUT2D eigenvalue weighted by Crippen LogP contribution is 2.35. The molecule has 0 aliphatic heterocycles. The summed E-state index contributed by atoms with van der Waals surface area (Å²) in [6.45, 7) is 0. The average molecular weight is 313 g/mol. The first kappa shape index (κ1) is 12.9. The number of hydrogen-bond donors (Lipinski definition) is 3. The molecule has 1 aliphatic rings. The number of anilines is 1. The minimum absolute atomic E-state index is 0.127. The van der Waals surface area contributed by atoms with Crippen molar-refractivity contribution in [1.82, 2.24) is 0 Å². The van der Waals surface area contributed by atoms with E-state index in [0.29, 0.717) is 10.2 Å². The van der Waals surface area contributed by atoms with Crippen molar-refractivity contribution in [2.24, 2.45) is 11.7 Å². The van der Waals surface area contributed by atoms with E-state index in [4.69, 9.17) is 10.8 Å². The second-order valence-corrected chi connectivity index (χ2v) is 5.18. The lowest BCUT2D eigenvalue weighted by molar-refractivity contribution is -0.138. The molecule has 6 heteroatoms. The van der Waals surface area contributed by atoms with Gasteiger partial charge in [0.25, 0.3) is 5.91 Å². The summed E-state index contributed by atoms with van der Waals surface area (Å²) in [7, 11) is 0. The topological polar surface area (TPSA) is 92.4 Å². The Balaban J connectivity index is 2.30. The van der Waals surface area contributed by atoms with E-state index in [0.717, 1.165) is 12.8 Å². The van der Waals surface area contributed by atoms with Gasteiger partial charge in [-0.25, -0.2) is 4.79 Å². The Morgan fingerprint density at radius 2 is 2.11 bits per heavy atom. The van der Waals surface area contributed by atoms with Crippen molar-refractivity contribution < 1.29 is 14.7 Å². The fourth-order valence-corrected chi connectivity index (χ4v) is 2.43. The molecule has 0 saturated heterocycles. The number of halogens is 1. The number of nitrogens with one attached hydrogen (secondary N) is 1. The van der Waals surface area contributed by atoms with E-state index in [1.807, 2.05) is 0 Å². The maximum absolute atomic E-state index is 11.4. The number of amides is 1. The Hall–Kier alpha value is -1.56. The van der Waals surface area contributed by atoms with Crippen LogP contribution in [0, 0.1) is 5.92 Å². The van der Waals surface area contributed by atoms with Crippen molar-refractivity contribution in [1.29, 1.82) is 0 Å². The van der Waals surface area contributed by atoms with Gasteiger partial charge in [0, 0.05) is 10.2 Å². The third-order valence-electron chi connectivity index (χ3n) is 2.93. The van der Waals surface area contributed by atoms with Gasteiger partial charge in [0.15, 0.2) is 0 Å². The number of rotatable bonds is 5. The first-order valence-electron chi connectivity index (χ1n) is 5.58. The normalized spacial score (nSPS) is 16.1. The predicted molar refractivity (Wildman–Crippen MR) is 70.4 cm³/mol. The number of hydrogen-bond acceptors (Lipinski definition) is 3.